The predicted octanol–water partition coefficient (Wildman–Crippen LogP) is 2.16. The fraction of sp³-hybridized carbons (Fsp3) is 0.444. The molecule has 4 heteroatoms. The van der Waals surface area contributed by atoms with Gasteiger partial charge in [-0.25, -0.2) is 9.97 Å². The van der Waals surface area contributed by atoms with Crippen LogP contribution in [0.5, 0.6) is 0 Å². The van der Waals surface area contributed by atoms with E-state index in [0.717, 1.165) is 32.1 Å². The summed E-state index contributed by atoms with van der Waals surface area (Å²) in [5, 5.41) is 0. The maximum absolute atomic E-state index is 4.37. The molecule has 0 N–H and O–H groups in total. The second-order valence-corrected chi connectivity index (χ2v) is 6.24. The molecule has 0 saturated carbocycles. The maximum atomic E-state index is 4.37. The van der Waals surface area contributed by atoms with Gasteiger partial charge < -0.3 is 4.90 Å². The van der Waals surface area contributed by atoms with Crippen molar-refractivity contribution < 1.29 is 0 Å². The van der Waals surface area contributed by atoms with Crippen LogP contribution in [-0.2, 0) is 12.8 Å². The van der Waals surface area contributed by atoms with Crippen LogP contribution in [-0.4, -0.2) is 47.1 Å². The van der Waals surface area contributed by atoms with Crippen molar-refractivity contribution >= 4 is 5.95 Å². The van der Waals surface area contributed by atoms with Crippen LogP contribution < -0.4 is 4.90 Å². The molecule has 1 fully saturated rings. The highest BCUT2D eigenvalue weighted by Gasteiger charge is 2.27. The van der Waals surface area contributed by atoms with Gasteiger partial charge in [0.25, 0.3) is 0 Å². The quantitative estimate of drug-likeness (QED) is 0.849. The van der Waals surface area contributed by atoms with E-state index in [4.69, 9.17) is 0 Å². The normalized spacial score (nSPS) is 22.4. The molecule has 1 aromatic heterocycles. The highest BCUT2D eigenvalue weighted by atomic mass is 15.3. The van der Waals surface area contributed by atoms with Crippen LogP contribution in [0.25, 0.3) is 0 Å². The van der Waals surface area contributed by atoms with E-state index in [9.17, 15) is 0 Å². The molecule has 1 atom stereocenters. The Labute approximate surface area is 131 Å². The number of aryl methyl sites for hydroxylation is 1. The minimum Gasteiger partial charge on any atom is -0.338 e. The lowest BCUT2D eigenvalue weighted by Gasteiger charge is -2.41. The molecule has 0 spiro atoms. The lowest BCUT2D eigenvalue weighted by atomic mass is 9.87. The zero-order chi connectivity index (χ0) is 14.8. The van der Waals surface area contributed by atoms with E-state index in [0.29, 0.717) is 6.04 Å². The zero-order valence-electron chi connectivity index (χ0n) is 12.9. The molecule has 4 rings (SSSR count). The number of nitrogens with zero attached hydrogens (tertiary/aromatic N) is 4. The van der Waals surface area contributed by atoms with Crippen molar-refractivity contribution in [2.75, 3.05) is 31.1 Å². The van der Waals surface area contributed by atoms with Crippen LogP contribution in [0.15, 0.2) is 42.7 Å². The number of aromatic nitrogens is 2. The molecule has 1 aromatic carbocycles. The van der Waals surface area contributed by atoms with Gasteiger partial charge in [0.15, 0.2) is 0 Å². The van der Waals surface area contributed by atoms with Crippen molar-refractivity contribution in [2.45, 2.75) is 25.3 Å². The molecule has 0 bridgehead atoms. The summed E-state index contributed by atoms with van der Waals surface area (Å²) in [7, 11) is 0. The molecular formula is C18H22N4. The fourth-order valence-electron chi connectivity index (χ4n) is 3.73. The van der Waals surface area contributed by atoms with E-state index >= 15 is 0 Å². The van der Waals surface area contributed by atoms with Gasteiger partial charge in [0.2, 0.25) is 5.95 Å². The van der Waals surface area contributed by atoms with Crippen LogP contribution >= 0.6 is 0 Å². The number of fused-ring (bicyclic) bond motifs is 1. The summed E-state index contributed by atoms with van der Waals surface area (Å²) in [4.78, 5) is 13.7. The first-order valence-corrected chi connectivity index (χ1v) is 8.23. The Kier molecular flexibility index (Phi) is 3.77. The van der Waals surface area contributed by atoms with Crippen LogP contribution in [0, 0.1) is 0 Å². The van der Waals surface area contributed by atoms with E-state index in [-0.39, 0.29) is 0 Å². The molecule has 0 unspecified atom stereocenters. The van der Waals surface area contributed by atoms with Crippen molar-refractivity contribution in [3.8, 4) is 0 Å². The van der Waals surface area contributed by atoms with Gasteiger partial charge in [-0.15, -0.1) is 0 Å². The molecule has 1 saturated heterocycles. The van der Waals surface area contributed by atoms with Gasteiger partial charge in [0.1, 0.15) is 0 Å². The third kappa shape index (κ3) is 2.71. The van der Waals surface area contributed by atoms with Crippen molar-refractivity contribution in [3.05, 3.63) is 53.9 Å². The average Bonchev–Trinajstić information content (AvgIpc) is 2.62. The molecular weight excluding hydrogens is 272 g/mol. The third-order valence-electron chi connectivity index (χ3n) is 4.99. The Balaban J connectivity index is 1.38. The Morgan fingerprint density at radius 3 is 2.36 bits per heavy atom. The molecule has 0 amide bonds. The summed E-state index contributed by atoms with van der Waals surface area (Å²) in [6.07, 6.45) is 7.37. The third-order valence-corrected chi connectivity index (χ3v) is 4.99. The molecule has 22 heavy (non-hydrogen) atoms. The van der Waals surface area contributed by atoms with Gasteiger partial charge in [-0.1, -0.05) is 24.3 Å². The molecule has 2 aliphatic rings. The van der Waals surface area contributed by atoms with E-state index < -0.39 is 0 Å². The molecule has 114 valence electrons. The van der Waals surface area contributed by atoms with Crippen molar-refractivity contribution in [2.24, 2.45) is 0 Å². The predicted molar refractivity (Wildman–Crippen MR) is 88.1 cm³/mol. The Morgan fingerprint density at radius 2 is 1.59 bits per heavy atom. The van der Waals surface area contributed by atoms with Crippen LogP contribution in [0.4, 0.5) is 5.95 Å². The first-order valence-electron chi connectivity index (χ1n) is 8.23. The molecule has 4 nitrogen and oxygen atoms in total. The fourth-order valence-corrected chi connectivity index (χ4v) is 3.73. The van der Waals surface area contributed by atoms with Crippen molar-refractivity contribution in [1.82, 2.24) is 14.9 Å². The van der Waals surface area contributed by atoms with Crippen LogP contribution in [0.3, 0.4) is 0 Å². The largest absolute Gasteiger partial charge is 0.338 e. The van der Waals surface area contributed by atoms with E-state index in [2.05, 4.69) is 44.0 Å². The Morgan fingerprint density at radius 1 is 0.864 bits per heavy atom. The lowest BCUT2D eigenvalue weighted by molar-refractivity contribution is 0.169. The second kappa shape index (κ2) is 6.05. The van der Waals surface area contributed by atoms with Gasteiger partial charge in [-0.3, -0.25) is 4.90 Å². The van der Waals surface area contributed by atoms with Crippen molar-refractivity contribution in [3.63, 3.8) is 0 Å². The molecule has 1 aliphatic heterocycles. The first kappa shape index (κ1) is 13.7. The minimum absolute atomic E-state index is 0.703. The number of benzene rings is 1. The highest BCUT2D eigenvalue weighted by molar-refractivity contribution is 5.31. The van der Waals surface area contributed by atoms with E-state index in [1.54, 1.807) is 11.1 Å². The molecule has 2 heterocycles. The summed E-state index contributed by atoms with van der Waals surface area (Å²) in [5.41, 5.74) is 3.10. The zero-order valence-corrected chi connectivity index (χ0v) is 12.9. The van der Waals surface area contributed by atoms with Crippen LogP contribution in [0.2, 0.25) is 0 Å². The number of hydrogen-bond donors (Lipinski definition) is 0. The standard InChI is InChI=1S/C18H22N4/c1-2-5-16-14-17(7-6-15(16)4-1)21-10-12-22(13-11-21)18-19-8-3-9-20-18/h1-5,8-9,17H,6-7,10-14H2/t17-/m0/s1. The average molecular weight is 294 g/mol. The smallest absolute Gasteiger partial charge is 0.225 e. The number of piperazine rings is 1. The van der Waals surface area contributed by atoms with E-state index in [1.165, 1.54) is 19.3 Å². The molecule has 0 radical (unpaired) electrons. The summed E-state index contributed by atoms with van der Waals surface area (Å²) in [6.45, 7) is 4.29. The van der Waals surface area contributed by atoms with Crippen molar-refractivity contribution in [1.29, 1.82) is 0 Å². The maximum Gasteiger partial charge on any atom is 0.225 e. The lowest BCUT2D eigenvalue weighted by Crippen LogP contribution is -2.52. The summed E-state index contributed by atoms with van der Waals surface area (Å²) in [6, 6.07) is 11.5. The summed E-state index contributed by atoms with van der Waals surface area (Å²) < 4.78 is 0. The van der Waals surface area contributed by atoms with Gasteiger partial charge in [0.05, 0.1) is 0 Å². The Bertz CT molecular complexity index is 620. The molecule has 1 aliphatic carbocycles. The molecule has 2 aromatic rings. The van der Waals surface area contributed by atoms with Gasteiger partial charge in [-0.2, -0.15) is 0 Å². The van der Waals surface area contributed by atoms with Gasteiger partial charge in [-0.05, 0) is 36.5 Å². The number of hydrogen-bond acceptors (Lipinski definition) is 4. The number of rotatable bonds is 2. The number of anilines is 1. The highest BCUT2D eigenvalue weighted by Crippen LogP contribution is 2.25. The Hall–Kier alpha value is -1.94. The van der Waals surface area contributed by atoms with E-state index in [1.807, 2.05) is 18.5 Å². The summed E-state index contributed by atoms with van der Waals surface area (Å²) in [5.74, 6) is 0.871. The first-order chi connectivity index (χ1) is 10.9. The topological polar surface area (TPSA) is 32.3 Å². The summed E-state index contributed by atoms with van der Waals surface area (Å²) >= 11 is 0. The van der Waals surface area contributed by atoms with Crippen LogP contribution in [0.1, 0.15) is 17.5 Å². The monoisotopic (exact) mass is 294 g/mol. The minimum atomic E-state index is 0.703. The van der Waals surface area contributed by atoms with Gasteiger partial charge >= 0.3 is 0 Å². The second-order valence-electron chi connectivity index (χ2n) is 6.24. The van der Waals surface area contributed by atoms with Gasteiger partial charge in [0, 0.05) is 44.6 Å². The SMILES string of the molecule is c1cnc(N2CCN([C@H]3CCc4ccccc4C3)CC2)nc1.